The molecular weight excluding hydrogens is 645 g/mol. The molecule has 0 aromatic rings. The third-order valence-electron chi connectivity index (χ3n) is 7.84. The second-order valence-corrected chi connectivity index (χ2v) is 12.8. The molecule has 0 aromatic carbocycles. The number of rotatable bonds is 35. The Hall–Kier alpha value is -3.44. The fourth-order valence-electron chi connectivity index (χ4n) is 4.86. The summed E-state index contributed by atoms with van der Waals surface area (Å²) in [5, 5.41) is 0. The largest absolute Gasteiger partial charge is 0.461 e. The minimum absolute atomic E-state index is 0.0109. The van der Waals surface area contributed by atoms with E-state index in [1.807, 2.05) is 12.2 Å². The normalized spacial score (nSPS) is 13.4. The molecule has 0 rings (SSSR count). The van der Waals surface area contributed by atoms with Crippen LogP contribution in [0, 0.1) is 0 Å². The molecule has 5 nitrogen and oxygen atoms in total. The van der Waals surface area contributed by atoms with Crippen molar-refractivity contribution < 1.29 is 23.8 Å². The number of hydrogen-bond donors (Lipinski definition) is 0. The average molecular weight is 719 g/mol. The van der Waals surface area contributed by atoms with Gasteiger partial charge in [-0.05, 0) is 83.5 Å². The summed E-state index contributed by atoms with van der Waals surface area (Å²) in [5.41, 5.74) is 0. The molecule has 0 N–H and O–H groups in total. The number of carbonyl (C=O) groups excluding carboxylic acids is 2. The molecule has 0 saturated carbocycles. The second-order valence-electron chi connectivity index (χ2n) is 12.8. The number of allylic oxidation sites excluding steroid dienone is 17. The second kappa shape index (κ2) is 42.0. The van der Waals surface area contributed by atoms with E-state index in [0.29, 0.717) is 13.0 Å². The van der Waals surface area contributed by atoms with Crippen LogP contribution >= 0.6 is 0 Å². The molecule has 1 unspecified atom stereocenters. The summed E-state index contributed by atoms with van der Waals surface area (Å²) in [7, 11) is 0. The highest BCUT2D eigenvalue weighted by Crippen LogP contribution is 2.09. The molecular formula is C47H74O5. The number of hydrogen-bond acceptors (Lipinski definition) is 5. The van der Waals surface area contributed by atoms with Crippen molar-refractivity contribution in [1.29, 1.82) is 0 Å². The van der Waals surface area contributed by atoms with Gasteiger partial charge in [0.15, 0.2) is 6.10 Å². The number of unbranched alkanes of at least 4 members (excludes halogenated alkanes) is 7. The standard InChI is InChI=1S/C47H74O5/c1-4-7-10-13-15-17-19-21-23-25-27-29-31-33-36-39-42-50-43-45(52-47(49)41-38-34-12-9-6-3)44-51-46(48)40-37-35-32-30-28-26-24-22-20-18-16-14-11-8-5-2/h7-8,10-11,15-18,21-24,27-30,35,37,45H,4-6,9,12-14,19-20,25-26,31-34,36,38-44H2,1-3H3/b10-7-,11-8-,17-15-,18-16-,23-21-,24-22-,29-27-,30-28-,37-35-. The van der Waals surface area contributed by atoms with Gasteiger partial charge < -0.3 is 14.2 Å². The molecule has 5 heteroatoms. The topological polar surface area (TPSA) is 61.8 Å². The van der Waals surface area contributed by atoms with Gasteiger partial charge in [-0.3, -0.25) is 9.59 Å². The van der Waals surface area contributed by atoms with Crippen molar-refractivity contribution in [2.24, 2.45) is 0 Å². The van der Waals surface area contributed by atoms with E-state index in [2.05, 4.69) is 118 Å². The highest BCUT2D eigenvalue weighted by molar-refractivity contribution is 5.71. The Kier molecular flexibility index (Phi) is 39.2. The summed E-state index contributed by atoms with van der Waals surface area (Å²) in [4.78, 5) is 24.9. The summed E-state index contributed by atoms with van der Waals surface area (Å²) >= 11 is 0. The van der Waals surface area contributed by atoms with E-state index >= 15 is 0 Å². The van der Waals surface area contributed by atoms with E-state index in [1.54, 1.807) is 0 Å². The first kappa shape index (κ1) is 48.6. The molecule has 0 amide bonds. The molecule has 0 bridgehead atoms. The van der Waals surface area contributed by atoms with Gasteiger partial charge in [-0.25, -0.2) is 0 Å². The predicted octanol–water partition coefficient (Wildman–Crippen LogP) is 13.3. The molecule has 292 valence electrons. The quantitative estimate of drug-likeness (QED) is 0.0371. The van der Waals surface area contributed by atoms with Crippen LogP contribution in [-0.2, 0) is 23.8 Å². The zero-order valence-corrected chi connectivity index (χ0v) is 33.3. The van der Waals surface area contributed by atoms with Crippen LogP contribution in [0.15, 0.2) is 109 Å². The summed E-state index contributed by atoms with van der Waals surface area (Å²) in [6, 6.07) is 0. The van der Waals surface area contributed by atoms with Crippen molar-refractivity contribution in [3.63, 3.8) is 0 Å². The number of ether oxygens (including phenoxy) is 3. The van der Waals surface area contributed by atoms with Crippen LogP contribution < -0.4 is 0 Å². The number of esters is 2. The SMILES string of the molecule is CC/C=C\C/C=C\C/C=C\C/C=C\C/C=C\CC(=O)OCC(COCCCCC/C=C\C/C=C\C/C=C\C/C=C\CC)OC(=O)CCCCCCC. The molecule has 0 heterocycles. The third-order valence-corrected chi connectivity index (χ3v) is 7.84. The molecule has 0 aliphatic rings. The summed E-state index contributed by atoms with van der Waals surface area (Å²) in [6.45, 7) is 7.30. The first-order valence-corrected chi connectivity index (χ1v) is 20.4. The van der Waals surface area contributed by atoms with E-state index in [-0.39, 0.29) is 31.6 Å². The monoisotopic (exact) mass is 719 g/mol. The molecule has 52 heavy (non-hydrogen) atoms. The Morgan fingerprint density at radius 1 is 0.462 bits per heavy atom. The van der Waals surface area contributed by atoms with Gasteiger partial charge in [-0.2, -0.15) is 0 Å². The molecule has 0 spiro atoms. The van der Waals surface area contributed by atoms with Crippen molar-refractivity contribution in [2.75, 3.05) is 19.8 Å². The lowest BCUT2D eigenvalue weighted by Crippen LogP contribution is -2.30. The maximum atomic E-state index is 12.5. The van der Waals surface area contributed by atoms with E-state index in [0.717, 1.165) is 103 Å². The molecule has 0 fully saturated rings. The summed E-state index contributed by atoms with van der Waals surface area (Å²) < 4.78 is 17.0. The lowest BCUT2D eigenvalue weighted by atomic mass is 10.1. The molecule has 0 saturated heterocycles. The van der Waals surface area contributed by atoms with Crippen LogP contribution in [-0.4, -0.2) is 37.9 Å². The fourth-order valence-corrected chi connectivity index (χ4v) is 4.86. The van der Waals surface area contributed by atoms with Gasteiger partial charge in [0, 0.05) is 13.0 Å². The van der Waals surface area contributed by atoms with Gasteiger partial charge in [0.1, 0.15) is 6.61 Å². The van der Waals surface area contributed by atoms with E-state index < -0.39 is 6.10 Å². The van der Waals surface area contributed by atoms with Gasteiger partial charge in [0.05, 0.1) is 13.0 Å². The smallest absolute Gasteiger partial charge is 0.309 e. The van der Waals surface area contributed by atoms with Crippen molar-refractivity contribution in [1.82, 2.24) is 0 Å². The molecule has 0 aromatic heterocycles. The molecule has 0 aliphatic carbocycles. The van der Waals surface area contributed by atoms with E-state index in [4.69, 9.17) is 14.2 Å². The minimum atomic E-state index is -0.593. The maximum absolute atomic E-state index is 12.5. The highest BCUT2D eigenvalue weighted by atomic mass is 16.6. The molecule has 1 atom stereocenters. The Balaban J connectivity index is 4.32. The summed E-state index contributed by atoms with van der Waals surface area (Å²) in [6.07, 6.45) is 57.1. The van der Waals surface area contributed by atoms with Crippen molar-refractivity contribution in [3.8, 4) is 0 Å². The van der Waals surface area contributed by atoms with Crippen LogP contribution in [0.2, 0.25) is 0 Å². The Bertz CT molecular complexity index is 1090. The predicted molar refractivity (Wildman–Crippen MR) is 223 cm³/mol. The Morgan fingerprint density at radius 3 is 1.44 bits per heavy atom. The highest BCUT2D eigenvalue weighted by Gasteiger charge is 2.17. The zero-order chi connectivity index (χ0) is 37.8. The van der Waals surface area contributed by atoms with Gasteiger partial charge >= 0.3 is 11.9 Å². The van der Waals surface area contributed by atoms with Gasteiger partial charge in [0.25, 0.3) is 0 Å². The Labute approximate surface area is 319 Å². The van der Waals surface area contributed by atoms with Crippen molar-refractivity contribution in [2.45, 2.75) is 155 Å². The first-order valence-electron chi connectivity index (χ1n) is 20.4. The van der Waals surface area contributed by atoms with Crippen molar-refractivity contribution in [3.05, 3.63) is 109 Å². The van der Waals surface area contributed by atoms with Gasteiger partial charge in [-0.1, -0.05) is 162 Å². The average Bonchev–Trinajstić information content (AvgIpc) is 3.14. The molecule has 0 radical (unpaired) electrons. The van der Waals surface area contributed by atoms with Crippen molar-refractivity contribution >= 4 is 11.9 Å². The Morgan fingerprint density at radius 2 is 0.923 bits per heavy atom. The van der Waals surface area contributed by atoms with Crippen LogP contribution in [0.5, 0.6) is 0 Å². The van der Waals surface area contributed by atoms with Crippen LogP contribution in [0.25, 0.3) is 0 Å². The lowest BCUT2D eigenvalue weighted by molar-refractivity contribution is -0.162. The zero-order valence-electron chi connectivity index (χ0n) is 33.3. The lowest BCUT2D eigenvalue weighted by Gasteiger charge is -2.18. The fraction of sp³-hybridized carbons (Fsp3) is 0.574. The van der Waals surface area contributed by atoms with Crippen LogP contribution in [0.1, 0.15) is 149 Å². The van der Waals surface area contributed by atoms with Crippen LogP contribution in [0.4, 0.5) is 0 Å². The maximum Gasteiger partial charge on any atom is 0.309 e. The van der Waals surface area contributed by atoms with E-state index in [1.165, 1.54) is 12.8 Å². The minimum Gasteiger partial charge on any atom is -0.461 e. The molecule has 0 aliphatic heterocycles. The third kappa shape index (κ3) is 39.3. The first-order chi connectivity index (χ1) is 25.6. The van der Waals surface area contributed by atoms with Crippen LogP contribution in [0.3, 0.4) is 0 Å². The van der Waals surface area contributed by atoms with E-state index in [9.17, 15) is 9.59 Å². The summed E-state index contributed by atoms with van der Waals surface area (Å²) in [5.74, 6) is -0.588. The number of carbonyl (C=O) groups is 2. The van der Waals surface area contributed by atoms with Gasteiger partial charge in [0.2, 0.25) is 0 Å². The van der Waals surface area contributed by atoms with Gasteiger partial charge in [-0.15, -0.1) is 0 Å².